The van der Waals surface area contributed by atoms with E-state index < -0.39 is 11.6 Å². The van der Waals surface area contributed by atoms with Crippen LogP contribution in [-0.2, 0) is 14.3 Å². The molecule has 126 valence electrons. The van der Waals surface area contributed by atoms with Crippen molar-refractivity contribution in [1.29, 1.82) is 0 Å². The maximum atomic E-state index is 13.4. The zero-order chi connectivity index (χ0) is 16.2. The number of likely N-dealkylation sites (tertiary alicyclic amines) is 1. The zero-order valence-corrected chi connectivity index (χ0v) is 12.7. The number of nitrogens with zero attached hydrogens (tertiary/aromatic N) is 1. The molecule has 0 unspecified atom stereocenters. The van der Waals surface area contributed by atoms with E-state index in [4.69, 9.17) is 14.2 Å². The molecule has 23 heavy (non-hydrogen) atoms. The van der Waals surface area contributed by atoms with Crippen LogP contribution in [0.4, 0.5) is 8.78 Å². The monoisotopic (exact) mass is 327 g/mol. The Balaban J connectivity index is 1.46. The molecule has 7 heteroatoms. The lowest BCUT2D eigenvalue weighted by molar-refractivity contribution is -0.138. The standard InChI is InChI=1S/C16H19F2NO4/c17-12-1-2-14(13(18)9-12)23-10-15(20)19-5-3-11(4-6-19)16-21-7-8-22-16/h1-2,9,11,16H,3-8,10H2. The van der Waals surface area contributed by atoms with E-state index in [1.54, 1.807) is 4.90 Å². The van der Waals surface area contributed by atoms with Gasteiger partial charge in [-0.05, 0) is 25.0 Å². The molecule has 1 aromatic rings. The van der Waals surface area contributed by atoms with E-state index in [-0.39, 0.29) is 24.6 Å². The number of hydrogen-bond donors (Lipinski definition) is 0. The van der Waals surface area contributed by atoms with Crippen molar-refractivity contribution in [2.24, 2.45) is 5.92 Å². The number of halogens is 2. The lowest BCUT2D eigenvalue weighted by Gasteiger charge is -2.33. The van der Waals surface area contributed by atoms with Gasteiger partial charge in [-0.3, -0.25) is 4.79 Å². The van der Waals surface area contributed by atoms with Gasteiger partial charge in [-0.2, -0.15) is 0 Å². The normalized spacial score (nSPS) is 20.0. The molecule has 5 nitrogen and oxygen atoms in total. The molecule has 0 radical (unpaired) electrons. The Bertz CT molecular complexity index is 555. The average Bonchev–Trinajstić information content (AvgIpc) is 3.08. The van der Waals surface area contributed by atoms with Gasteiger partial charge >= 0.3 is 0 Å². The van der Waals surface area contributed by atoms with E-state index in [9.17, 15) is 13.6 Å². The number of carbonyl (C=O) groups is 1. The SMILES string of the molecule is O=C(COc1ccc(F)cc1F)N1CCC(C2OCCO2)CC1. The summed E-state index contributed by atoms with van der Waals surface area (Å²) in [7, 11) is 0. The number of benzene rings is 1. The lowest BCUT2D eigenvalue weighted by atomic mass is 9.96. The first-order chi connectivity index (χ1) is 11.1. The first kappa shape index (κ1) is 16.1. The van der Waals surface area contributed by atoms with E-state index in [1.807, 2.05) is 0 Å². The van der Waals surface area contributed by atoms with Gasteiger partial charge in [-0.1, -0.05) is 0 Å². The van der Waals surface area contributed by atoms with Gasteiger partial charge in [-0.25, -0.2) is 8.78 Å². The third-order valence-corrected chi connectivity index (χ3v) is 4.17. The molecule has 2 fully saturated rings. The molecule has 0 saturated carbocycles. The predicted octanol–water partition coefficient (Wildman–Crippen LogP) is 1.96. The summed E-state index contributed by atoms with van der Waals surface area (Å²) in [6.07, 6.45) is 1.46. The average molecular weight is 327 g/mol. The molecule has 1 amide bonds. The van der Waals surface area contributed by atoms with Crippen molar-refractivity contribution >= 4 is 5.91 Å². The summed E-state index contributed by atoms with van der Waals surface area (Å²) in [6.45, 7) is 2.19. The molecular weight excluding hydrogens is 308 g/mol. The smallest absolute Gasteiger partial charge is 0.260 e. The van der Waals surface area contributed by atoms with Crippen LogP contribution in [0, 0.1) is 17.6 Å². The molecule has 2 heterocycles. The Labute approximate surface area is 133 Å². The maximum Gasteiger partial charge on any atom is 0.260 e. The third-order valence-electron chi connectivity index (χ3n) is 4.17. The van der Waals surface area contributed by atoms with E-state index in [0.717, 1.165) is 25.0 Å². The number of ether oxygens (including phenoxy) is 3. The molecule has 0 atom stereocenters. The van der Waals surface area contributed by atoms with E-state index in [1.165, 1.54) is 6.07 Å². The molecule has 1 aromatic carbocycles. The third kappa shape index (κ3) is 3.97. The Morgan fingerprint density at radius 1 is 1.22 bits per heavy atom. The van der Waals surface area contributed by atoms with E-state index in [0.29, 0.717) is 32.2 Å². The van der Waals surface area contributed by atoms with Crippen molar-refractivity contribution in [2.45, 2.75) is 19.1 Å². The van der Waals surface area contributed by atoms with Crippen LogP contribution in [0.25, 0.3) is 0 Å². The predicted molar refractivity (Wildman–Crippen MR) is 76.8 cm³/mol. The van der Waals surface area contributed by atoms with Crippen LogP contribution >= 0.6 is 0 Å². The number of piperidine rings is 1. The first-order valence-corrected chi connectivity index (χ1v) is 7.72. The Kier molecular flexibility index (Phi) is 5.07. The van der Waals surface area contributed by atoms with Crippen LogP contribution in [0.3, 0.4) is 0 Å². The summed E-state index contributed by atoms with van der Waals surface area (Å²) in [5.74, 6) is -1.52. The maximum absolute atomic E-state index is 13.4. The zero-order valence-electron chi connectivity index (χ0n) is 12.7. The van der Waals surface area contributed by atoms with E-state index in [2.05, 4.69) is 0 Å². The van der Waals surface area contributed by atoms with Crippen LogP contribution in [-0.4, -0.2) is 50.0 Å². The molecule has 0 spiro atoms. The van der Waals surface area contributed by atoms with Gasteiger partial charge in [0.05, 0.1) is 13.2 Å². The first-order valence-electron chi connectivity index (χ1n) is 7.72. The van der Waals surface area contributed by atoms with Crippen molar-refractivity contribution in [1.82, 2.24) is 4.90 Å². The molecule has 2 aliphatic heterocycles. The summed E-state index contributed by atoms with van der Waals surface area (Å²) in [4.78, 5) is 13.8. The number of hydrogen-bond acceptors (Lipinski definition) is 4. The lowest BCUT2D eigenvalue weighted by Crippen LogP contribution is -2.43. The number of carbonyl (C=O) groups excluding carboxylic acids is 1. The fraction of sp³-hybridized carbons (Fsp3) is 0.562. The molecule has 0 aliphatic carbocycles. The Morgan fingerprint density at radius 3 is 2.57 bits per heavy atom. The minimum atomic E-state index is -0.813. The molecule has 0 aromatic heterocycles. The highest BCUT2D eigenvalue weighted by Gasteiger charge is 2.31. The van der Waals surface area contributed by atoms with E-state index >= 15 is 0 Å². The topological polar surface area (TPSA) is 48.0 Å². The second kappa shape index (κ2) is 7.23. The van der Waals surface area contributed by atoms with Gasteiger partial charge in [0.25, 0.3) is 5.91 Å². The summed E-state index contributed by atoms with van der Waals surface area (Å²) in [6, 6.07) is 3.00. The molecule has 2 saturated heterocycles. The molecule has 3 rings (SSSR count). The largest absolute Gasteiger partial charge is 0.481 e. The van der Waals surface area contributed by atoms with Crippen molar-refractivity contribution < 1.29 is 27.8 Å². The summed E-state index contributed by atoms with van der Waals surface area (Å²) >= 11 is 0. The summed E-state index contributed by atoms with van der Waals surface area (Å²) < 4.78 is 42.4. The fourth-order valence-electron chi connectivity index (χ4n) is 2.89. The second-order valence-electron chi connectivity index (χ2n) is 5.69. The molecule has 0 N–H and O–H groups in total. The van der Waals surface area contributed by atoms with Gasteiger partial charge in [0, 0.05) is 25.1 Å². The minimum Gasteiger partial charge on any atom is -0.481 e. The van der Waals surface area contributed by atoms with Gasteiger partial charge in [0.2, 0.25) is 0 Å². The van der Waals surface area contributed by atoms with Crippen LogP contribution in [0.5, 0.6) is 5.75 Å². The Hall–Kier alpha value is -1.73. The minimum absolute atomic E-state index is 0.123. The molecule has 0 bridgehead atoms. The van der Waals surface area contributed by atoms with Gasteiger partial charge in [-0.15, -0.1) is 0 Å². The second-order valence-corrected chi connectivity index (χ2v) is 5.69. The molecule has 2 aliphatic rings. The highest BCUT2D eigenvalue weighted by molar-refractivity contribution is 5.77. The quantitative estimate of drug-likeness (QED) is 0.848. The van der Waals surface area contributed by atoms with Crippen LogP contribution < -0.4 is 4.74 Å². The van der Waals surface area contributed by atoms with Gasteiger partial charge in [0.15, 0.2) is 24.5 Å². The highest BCUT2D eigenvalue weighted by Crippen LogP contribution is 2.26. The van der Waals surface area contributed by atoms with Crippen LogP contribution in [0.1, 0.15) is 12.8 Å². The van der Waals surface area contributed by atoms with Crippen LogP contribution in [0.15, 0.2) is 18.2 Å². The van der Waals surface area contributed by atoms with Gasteiger partial charge < -0.3 is 19.1 Å². The highest BCUT2D eigenvalue weighted by atomic mass is 19.1. The summed E-state index contributed by atoms with van der Waals surface area (Å²) in [5.41, 5.74) is 0. The van der Waals surface area contributed by atoms with Crippen LogP contribution in [0.2, 0.25) is 0 Å². The Morgan fingerprint density at radius 2 is 1.91 bits per heavy atom. The van der Waals surface area contributed by atoms with Crippen molar-refractivity contribution in [3.8, 4) is 5.75 Å². The number of amides is 1. The van der Waals surface area contributed by atoms with Crippen molar-refractivity contribution in [3.63, 3.8) is 0 Å². The van der Waals surface area contributed by atoms with Crippen molar-refractivity contribution in [2.75, 3.05) is 32.9 Å². The fourth-order valence-corrected chi connectivity index (χ4v) is 2.89. The number of rotatable bonds is 4. The molecular formula is C16H19F2NO4. The van der Waals surface area contributed by atoms with Gasteiger partial charge in [0.1, 0.15) is 5.82 Å². The van der Waals surface area contributed by atoms with Crippen molar-refractivity contribution in [3.05, 3.63) is 29.8 Å². The summed E-state index contributed by atoms with van der Waals surface area (Å²) in [5, 5.41) is 0.